The van der Waals surface area contributed by atoms with Gasteiger partial charge in [-0.15, -0.1) is 0 Å². The van der Waals surface area contributed by atoms with Crippen molar-refractivity contribution < 1.29 is 4.74 Å². The molecule has 0 unspecified atom stereocenters. The molecule has 0 aliphatic carbocycles. The van der Waals surface area contributed by atoms with E-state index in [0.717, 1.165) is 11.3 Å². The predicted octanol–water partition coefficient (Wildman–Crippen LogP) is 3.42. The second-order valence-electron chi connectivity index (χ2n) is 3.85. The number of aromatic nitrogens is 2. The van der Waals surface area contributed by atoms with E-state index >= 15 is 0 Å². The molecule has 0 saturated carbocycles. The SMILES string of the molecule is COc1c(Cl)ncnc1-c1ccc(C)c(C)c1. The quantitative estimate of drug-likeness (QED) is 0.764. The second-order valence-corrected chi connectivity index (χ2v) is 4.20. The molecule has 4 heteroatoms. The van der Waals surface area contributed by atoms with Crippen molar-refractivity contribution in [1.29, 1.82) is 0 Å². The summed E-state index contributed by atoms with van der Waals surface area (Å²) in [6, 6.07) is 6.13. The van der Waals surface area contributed by atoms with Crippen molar-refractivity contribution in [2.45, 2.75) is 13.8 Å². The summed E-state index contributed by atoms with van der Waals surface area (Å²) in [4.78, 5) is 8.14. The largest absolute Gasteiger partial charge is 0.491 e. The summed E-state index contributed by atoms with van der Waals surface area (Å²) in [5.74, 6) is 0.511. The number of ether oxygens (including phenoxy) is 1. The van der Waals surface area contributed by atoms with Gasteiger partial charge < -0.3 is 4.74 Å². The summed E-state index contributed by atoms with van der Waals surface area (Å²) < 4.78 is 5.24. The van der Waals surface area contributed by atoms with Crippen LogP contribution in [0.25, 0.3) is 11.3 Å². The lowest BCUT2D eigenvalue weighted by Crippen LogP contribution is -1.95. The molecule has 0 saturated heterocycles. The van der Waals surface area contributed by atoms with Crippen molar-refractivity contribution in [1.82, 2.24) is 9.97 Å². The van der Waals surface area contributed by atoms with Gasteiger partial charge >= 0.3 is 0 Å². The standard InChI is InChI=1S/C13H13ClN2O/c1-8-4-5-10(6-9(8)2)11-12(17-3)13(14)16-7-15-11/h4-7H,1-3H3. The van der Waals surface area contributed by atoms with Gasteiger partial charge in [-0.05, 0) is 31.0 Å². The summed E-state index contributed by atoms with van der Waals surface area (Å²) in [7, 11) is 1.56. The highest BCUT2D eigenvalue weighted by molar-refractivity contribution is 6.31. The average molecular weight is 249 g/mol. The molecule has 0 aliphatic heterocycles. The van der Waals surface area contributed by atoms with E-state index in [1.807, 2.05) is 6.07 Å². The maximum Gasteiger partial charge on any atom is 0.182 e. The van der Waals surface area contributed by atoms with Crippen LogP contribution in [-0.2, 0) is 0 Å². The van der Waals surface area contributed by atoms with Crippen LogP contribution in [0.5, 0.6) is 5.75 Å². The minimum Gasteiger partial charge on any atom is -0.491 e. The molecule has 0 spiro atoms. The Kier molecular flexibility index (Phi) is 3.29. The number of nitrogens with zero attached hydrogens (tertiary/aromatic N) is 2. The van der Waals surface area contributed by atoms with E-state index in [1.54, 1.807) is 7.11 Å². The van der Waals surface area contributed by atoms with E-state index in [0.29, 0.717) is 10.9 Å². The van der Waals surface area contributed by atoms with Crippen LogP contribution >= 0.6 is 11.6 Å². The smallest absolute Gasteiger partial charge is 0.182 e. The number of hydrogen-bond acceptors (Lipinski definition) is 3. The molecule has 1 aromatic heterocycles. The molecular weight excluding hydrogens is 236 g/mol. The van der Waals surface area contributed by atoms with E-state index in [2.05, 4.69) is 35.9 Å². The van der Waals surface area contributed by atoms with Gasteiger partial charge in [0.2, 0.25) is 0 Å². The summed E-state index contributed by atoms with van der Waals surface area (Å²) in [6.07, 6.45) is 1.44. The minimum absolute atomic E-state index is 0.329. The highest BCUT2D eigenvalue weighted by Crippen LogP contribution is 2.33. The molecule has 0 bridgehead atoms. The predicted molar refractivity (Wildman–Crippen MR) is 68.5 cm³/mol. The van der Waals surface area contributed by atoms with Crippen LogP contribution in [0.2, 0.25) is 5.15 Å². The van der Waals surface area contributed by atoms with Crippen LogP contribution < -0.4 is 4.74 Å². The Morgan fingerprint density at radius 3 is 2.53 bits per heavy atom. The first-order valence-corrected chi connectivity index (χ1v) is 5.63. The Hall–Kier alpha value is -1.61. The number of halogens is 1. The molecule has 0 aliphatic rings. The molecular formula is C13H13ClN2O. The maximum absolute atomic E-state index is 5.97. The van der Waals surface area contributed by atoms with E-state index in [9.17, 15) is 0 Å². The fourth-order valence-corrected chi connectivity index (χ4v) is 1.84. The Morgan fingerprint density at radius 2 is 1.88 bits per heavy atom. The fraction of sp³-hybridized carbons (Fsp3) is 0.231. The molecule has 1 aromatic carbocycles. The van der Waals surface area contributed by atoms with Gasteiger partial charge in [0.05, 0.1) is 7.11 Å². The topological polar surface area (TPSA) is 35.0 Å². The molecule has 2 rings (SSSR count). The average Bonchev–Trinajstić information content (AvgIpc) is 2.32. The fourth-order valence-electron chi connectivity index (χ4n) is 1.63. The van der Waals surface area contributed by atoms with Gasteiger partial charge in [-0.25, -0.2) is 9.97 Å². The summed E-state index contributed by atoms with van der Waals surface area (Å²) in [5.41, 5.74) is 4.15. The van der Waals surface area contributed by atoms with Crippen LogP contribution in [0.3, 0.4) is 0 Å². The number of benzene rings is 1. The Bertz CT molecular complexity index is 555. The van der Waals surface area contributed by atoms with Crippen LogP contribution in [0.15, 0.2) is 24.5 Å². The Labute approximate surface area is 105 Å². The van der Waals surface area contributed by atoms with Gasteiger partial charge in [0, 0.05) is 5.56 Å². The van der Waals surface area contributed by atoms with Crippen molar-refractivity contribution in [3.05, 3.63) is 40.8 Å². The summed E-state index contributed by atoms with van der Waals surface area (Å²) in [6.45, 7) is 4.14. The lowest BCUT2D eigenvalue weighted by molar-refractivity contribution is 0.413. The minimum atomic E-state index is 0.329. The lowest BCUT2D eigenvalue weighted by atomic mass is 10.0. The van der Waals surface area contributed by atoms with Crippen LogP contribution in [-0.4, -0.2) is 17.1 Å². The van der Waals surface area contributed by atoms with Crippen LogP contribution in [0.1, 0.15) is 11.1 Å². The third-order valence-corrected chi connectivity index (χ3v) is 3.01. The molecule has 2 aromatic rings. The normalized spacial score (nSPS) is 10.4. The van der Waals surface area contributed by atoms with Gasteiger partial charge in [0.15, 0.2) is 10.9 Å². The number of methoxy groups -OCH3 is 1. The third-order valence-electron chi connectivity index (χ3n) is 2.74. The van der Waals surface area contributed by atoms with Gasteiger partial charge in [-0.1, -0.05) is 23.7 Å². The number of rotatable bonds is 2. The van der Waals surface area contributed by atoms with E-state index in [1.165, 1.54) is 17.5 Å². The Morgan fingerprint density at radius 1 is 1.12 bits per heavy atom. The van der Waals surface area contributed by atoms with Gasteiger partial charge in [-0.3, -0.25) is 0 Å². The first kappa shape index (κ1) is 11.9. The molecule has 3 nitrogen and oxygen atoms in total. The monoisotopic (exact) mass is 248 g/mol. The highest BCUT2D eigenvalue weighted by atomic mass is 35.5. The second kappa shape index (κ2) is 4.72. The molecule has 0 amide bonds. The zero-order valence-corrected chi connectivity index (χ0v) is 10.7. The van der Waals surface area contributed by atoms with Crippen LogP contribution in [0, 0.1) is 13.8 Å². The van der Waals surface area contributed by atoms with Crippen molar-refractivity contribution in [3.8, 4) is 17.0 Å². The third kappa shape index (κ3) is 2.24. The molecule has 0 fully saturated rings. The summed E-state index contributed by atoms with van der Waals surface area (Å²) in [5, 5.41) is 0.329. The van der Waals surface area contributed by atoms with Gasteiger partial charge in [0.1, 0.15) is 12.0 Å². The van der Waals surface area contributed by atoms with Gasteiger partial charge in [0.25, 0.3) is 0 Å². The maximum atomic E-state index is 5.97. The molecule has 88 valence electrons. The first-order chi connectivity index (χ1) is 8.13. The molecule has 0 radical (unpaired) electrons. The van der Waals surface area contributed by atoms with E-state index in [-0.39, 0.29) is 0 Å². The highest BCUT2D eigenvalue weighted by Gasteiger charge is 2.12. The van der Waals surface area contributed by atoms with Gasteiger partial charge in [-0.2, -0.15) is 0 Å². The van der Waals surface area contributed by atoms with Crippen molar-refractivity contribution in [2.24, 2.45) is 0 Å². The number of aryl methyl sites for hydroxylation is 2. The first-order valence-electron chi connectivity index (χ1n) is 5.25. The van der Waals surface area contributed by atoms with Crippen molar-refractivity contribution in [2.75, 3.05) is 7.11 Å². The van der Waals surface area contributed by atoms with Crippen LogP contribution in [0.4, 0.5) is 0 Å². The molecule has 17 heavy (non-hydrogen) atoms. The van der Waals surface area contributed by atoms with E-state index in [4.69, 9.17) is 16.3 Å². The molecule has 0 atom stereocenters. The molecule has 1 heterocycles. The zero-order valence-electron chi connectivity index (χ0n) is 9.99. The Balaban J connectivity index is 2.60. The summed E-state index contributed by atoms with van der Waals surface area (Å²) >= 11 is 5.97. The zero-order chi connectivity index (χ0) is 12.4. The van der Waals surface area contributed by atoms with E-state index < -0.39 is 0 Å². The molecule has 0 N–H and O–H groups in total. The van der Waals surface area contributed by atoms with Crippen molar-refractivity contribution in [3.63, 3.8) is 0 Å². The number of hydrogen-bond donors (Lipinski definition) is 0. The lowest BCUT2D eigenvalue weighted by Gasteiger charge is -2.09. The van der Waals surface area contributed by atoms with Crippen molar-refractivity contribution >= 4 is 11.6 Å².